The average Bonchev–Trinajstić information content (AvgIpc) is 2.37. The van der Waals surface area contributed by atoms with Crippen LogP contribution in [0.4, 0.5) is 0 Å². The average molecular weight is 232 g/mol. The first kappa shape index (κ1) is 13.6. The van der Waals surface area contributed by atoms with Crippen LogP contribution in [-0.2, 0) is 4.79 Å². The lowest BCUT2D eigenvalue weighted by atomic mass is 9.96. The zero-order valence-electron chi connectivity index (χ0n) is 10.8. The van der Waals surface area contributed by atoms with E-state index in [1.54, 1.807) is 6.92 Å². The number of Topliss-reactive ketones (excluding diaryl/α,β-unsaturated/α-hetero) is 2. The van der Waals surface area contributed by atoms with E-state index < -0.39 is 0 Å². The molecule has 17 heavy (non-hydrogen) atoms. The Morgan fingerprint density at radius 2 is 1.71 bits per heavy atom. The highest BCUT2D eigenvalue weighted by Gasteiger charge is 2.11. The number of hydrogen-bond acceptors (Lipinski definition) is 2. The molecule has 2 nitrogen and oxygen atoms in total. The van der Waals surface area contributed by atoms with E-state index in [1.807, 2.05) is 24.3 Å². The number of benzene rings is 1. The molecule has 2 heteroatoms. The van der Waals surface area contributed by atoms with Crippen LogP contribution < -0.4 is 0 Å². The molecule has 0 amide bonds. The van der Waals surface area contributed by atoms with Crippen molar-refractivity contribution in [3.8, 4) is 0 Å². The summed E-state index contributed by atoms with van der Waals surface area (Å²) in [7, 11) is 0. The SMILES string of the molecule is CCC(=O)CC(=O)c1ccc(C(C)CC)cc1. The van der Waals surface area contributed by atoms with Gasteiger partial charge in [0, 0.05) is 12.0 Å². The molecule has 0 N–H and O–H groups in total. The van der Waals surface area contributed by atoms with E-state index in [1.165, 1.54) is 5.56 Å². The molecule has 0 heterocycles. The maximum absolute atomic E-state index is 11.7. The summed E-state index contributed by atoms with van der Waals surface area (Å²) in [5.74, 6) is 0.435. The van der Waals surface area contributed by atoms with Crippen LogP contribution in [0, 0.1) is 0 Å². The second-order valence-corrected chi connectivity index (χ2v) is 4.42. The molecule has 0 aliphatic carbocycles. The number of ketones is 2. The van der Waals surface area contributed by atoms with E-state index in [0.29, 0.717) is 17.9 Å². The normalized spacial score (nSPS) is 12.2. The van der Waals surface area contributed by atoms with Crippen molar-refractivity contribution in [2.75, 3.05) is 0 Å². The standard InChI is InChI=1S/C15H20O2/c1-4-11(3)12-6-8-13(9-7-12)15(17)10-14(16)5-2/h6-9,11H,4-5,10H2,1-3H3. The van der Waals surface area contributed by atoms with Gasteiger partial charge < -0.3 is 0 Å². The molecule has 0 aliphatic heterocycles. The van der Waals surface area contributed by atoms with E-state index in [-0.39, 0.29) is 18.0 Å². The van der Waals surface area contributed by atoms with Crippen molar-refractivity contribution in [2.45, 2.75) is 46.0 Å². The predicted molar refractivity (Wildman–Crippen MR) is 69.4 cm³/mol. The van der Waals surface area contributed by atoms with Gasteiger partial charge in [0.1, 0.15) is 5.78 Å². The van der Waals surface area contributed by atoms with E-state index in [2.05, 4.69) is 13.8 Å². The van der Waals surface area contributed by atoms with Crippen LogP contribution in [0.5, 0.6) is 0 Å². The van der Waals surface area contributed by atoms with Crippen LogP contribution in [0.25, 0.3) is 0 Å². The molecular weight excluding hydrogens is 212 g/mol. The molecule has 1 rings (SSSR count). The van der Waals surface area contributed by atoms with Crippen LogP contribution in [0.3, 0.4) is 0 Å². The molecule has 1 atom stereocenters. The lowest BCUT2D eigenvalue weighted by Crippen LogP contribution is -2.07. The maximum atomic E-state index is 11.7. The van der Waals surface area contributed by atoms with E-state index in [4.69, 9.17) is 0 Å². The van der Waals surface area contributed by atoms with Crippen LogP contribution in [0.1, 0.15) is 61.9 Å². The zero-order chi connectivity index (χ0) is 12.8. The Kier molecular flexibility index (Phi) is 5.08. The number of rotatable bonds is 6. The highest BCUT2D eigenvalue weighted by Crippen LogP contribution is 2.19. The van der Waals surface area contributed by atoms with Crippen molar-refractivity contribution in [3.63, 3.8) is 0 Å². The molecule has 1 aromatic carbocycles. The van der Waals surface area contributed by atoms with E-state index in [9.17, 15) is 9.59 Å². The Morgan fingerprint density at radius 3 is 2.18 bits per heavy atom. The summed E-state index contributed by atoms with van der Waals surface area (Å²) in [4.78, 5) is 22.9. The van der Waals surface area contributed by atoms with Crippen LogP contribution in [0.15, 0.2) is 24.3 Å². The van der Waals surface area contributed by atoms with Crippen LogP contribution in [0.2, 0.25) is 0 Å². The number of hydrogen-bond donors (Lipinski definition) is 0. The topological polar surface area (TPSA) is 34.1 Å². The number of carbonyl (C=O) groups is 2. The summed E-state index contributed by atoms with van der Waals surface area (Å²) in [6.45, 7) is 6.09. The van der Waals surface area contributed by atoms with Gasteiger partial charge in [0.15, 0.2) is 5.78 Å². The largest absolute Gasteiger partial charge is 0.299 e. The van der Waals surface area contributed by atoms with Crippen molar-refractivity contribution < 1.29 is 9.59 Å². The molecule has 0 radical (unpaired) electrons. The Hall–Kier alpha value is -1.44. The summed E-state index contributed by atoms with van der Waals surface area (Å²) >= 11 is 0. The minimum atomic E-state index is -0.0763. The molecule has 1 unspecified atom stereocenters. The van der Waals surface area contributed by atoms with Gasteiger partial charge in [-0.15, -0.1) is 0 Å². The van der Waals surface area contributed by atoms with E-state index >= 15 is 0 Å². The summed E-state index contributed by atoms with van der Waals surface area (Å²) in [6.07, 6.45) is 1.54. The quantitative estimate of drug-likeness (QED) is 0.553. The van der Waals surface area contributed by atoms with Crippen molar-refractivity contribution in [1.82, 2.24) is 0 Å². The molecule has 1 aromatic rings. The highest BCUT2D eigenvalue weighted by atomic mass is 16.1. The van der Waals surface area contributed by atoms with Gasteiger partial charge in [0.25, 0.3) is 0 Å². The predicted octanol–water partition coefficient (Wildman–Crippen LogP) is 3.75. The first-order valence-corrected chi connectivity index (χ1v) is 6.23. The first-order valence-electron chi connectivity index (χ1n) is 6.23. The van der Waals surface area contributed by atoms with Crippen LogP contribution >= 0.6 is 0 Å². The third kappa shape index (κ3) is 3.81. The van der Waals surface area contributed by atoms with Gasteiger partial charge in [-0.25, -0.2) is 0 Å². The third-order valence-corrected chi connectivity index (χ3v) is 3.17. The maximum Gasteiger partial charge on any atom is 0.170 e. The Bertz CT molecular complexity index is 390. The van der Waals surface area contributed by atoms with Gasteiger partial charge >= 0.3 is 0 Å². The van der Waals surface area contributed by atoms with Gasteiger partial charge in [0.05, 0.1) is 6.42 Å². The molecule has 0 aliphatic rings. The molecule has 0 fully saturated rings. The summed E-state index contributed by atoms with van der Waals surface area (Å²) in [5, 5.41) is 0. The molecule has 0 saturated carbocycles. The smallest absolute Gasteiger partial charge is 0.170 e. The molecule has 0 bridgehead atoms. The number of carbonyl (C=O) groups excluding carboxylic acids is 2. The van der Waals surface area contributed by atoms with Gasteiger partial charge in [0.2, 0.25) is 0 Å². The van der Waals surface area contributed by atoms with Gasteiger partial charge in [-0.3, -0.25) is 9.59 Å². The second-order valence-electron chi connectivity index (χ2n) is 4.42. The fourth-order valence-corrected chi connectivity index (χ4v) is 1.64. The Morgan fingerprint density at radius 1 is 1.12 bits per heavy atom. The molecule has 92 valence electrons. The fourth-order valence-electron chi connectivity index (χ4n) is 1.64. The lowest BCUT2D eigenvalue weighted by Gasteiger charge is -2.09. The third-order valence-electron chi connectivity index (χ3n) is 3.17. The molecular formula is C15H20O2. The Labute approximate surface area is 103 Å². The summed E-state index contributed by atoms with van der Waals surface area (Å²) < 4.78 is 0. The summed E-state index contributed by atoms with van der Waals surface area (Å²) in [5.41, 5.74) is 1.88. The zero-order valence-corrected chi connectivity index (χ0v) is 10.8. The highest BCUT2D eigenvalue weighted by molar-refractivity contribution is 6.07. The minimum absolute atomic E-state index is 0.000928. The lowest BCUT2D eigenvalue weighted by molar-refractivity contribution is -0.117. The van der Waals surface area contributed by atoms with Crippen molar-refractivity contribution >= 4 is 11.6 Å². The van der Waals surface area contributed by atoms with Crippen molar-refractivity contribution in [1.29, 1.82) is 0 Å². The monoisotopic (exact) mass is 232 g/mol. The Balaban J connectivity index is 2.73. The molecule has 0 saturated heterocycles. The first-order chi connectivity index (χ1) is 8.08. The van der Waals surface area contributed by atoms with Gasteiger partial charge in [-0.2, -0.15) is 0 Å². The van der Waals surface area contributed by atoms with Crippen LogP contribution in [-0.4, -0.2) is 11.6 Å². The molecule has 0 aromatic heterocycles. The minimum Gasteiger partial charge on any atom is -0.299 e. The summed E-state index contributed by atoms with van der Waals surface area (Å²) in [6, 6.07) is 7.62. The van der Waals surface area contributed by atoms with E-state index in [0.717, 1.165) is 6.42 Å². The molecule has 0 spiro atoms. The van der Waals surface area contributed by atoms with Crippen molar-refractivity contribution in [3.05, 3.63) is 35.4 Å². The fraction of sp³-hybridized carbons (Fsp3) is 0.467. The van der Waals surface area contributed by atoms with Gasteiger partial charge in [-0.1, -0.05) is 45.0 Å². The second kappa shape index (κ2) is 6.33. The van der Waals surface area contributed by atoms with Crippen molar-refractivity contribution in [2.24, 2.45) is 0 Å². The van der Waals surface area contributed by atoms with Gasteiger partial charge in [-0.05, 0) is 17.9 Å².